The van der Waals surface area contributed by atoms with Crippen molar-refractivity contribution in [3.05, 3.63) is 113 Å². The van der Waals surface area contributed by atoms with Crippen LogP contribution in [0, 0.1) is 5.82 Å². The van der Waals surface area contributed by atoms with Crippen LogP contribution in [0.25, 0.3) is 11.3 Å². The maximum absolute atomic E-state index is 13.4. The van der Waals surface area contributed by atoms with E-state index in [1.165, 1.54) is 12.1 Å². The molecule has 4 aromatic rings. The molecule has 1 heterocycles. The molecule has 31 heavy (non-hydrogen) atoms. The van der Waals surface area contributed by atoms with Gasteiger partial charge in [-0.3, -0.25) is 4.79 Å². The zero-order chi connectivity index (χ0) is 21.6. The van der Waals surface area contributed by atoms with Crippen LogP contribution in [-0.2, 0) is 11.2 Å². The number of hydrogen-bond acceptors (Lipinski definition) is 3. The van der Waals surface area contributed by atoms with E-state index in [0.29, 0.717) is 23.1 Å². The summed E-state index contributed by atoms with van der Waals surface area (Å²) in [5.41, 5.74) is 2.60. The Labute approximate surface area is 184 Å². The van der Waals surface area contributed by atoms with Gasteiger partial charge in [-0.1, -0.05) is 54.1 Å². The van der Waals surface area contributed by atoms with Gasteiger partial charge in [0, 0.05) is 23.4 Å². The third-order valence-electron chi connectivity index (χ3n) is 4.89. The molecule has 0 aliphatic heterocycles. The zero-order valence-electron chi connectivity index (χ0n) is 16.6. The molecule has 1 atom stereocenters. The molecule has 0 aliphatic rings. The maximum atomic E-state index is 13.4. The van der Waals surface area contributed by atoms with E-state index in [9.17, 15) is 9.18 Å². The molecule has 0 fully saturated rings. The molecule has 0 bridgehead atoms. The van der Waals surface area contributed by atoms with Gasteiger partial charge in [0.2, 0.25) is 5.91 Å². The molecule has 4 nitrogen and oxygen atoms in total. The number of hydrogen-bond donors (Lipinski definition) is 1. The first-order valence-corrected chi connectivity index (χ1v) is 10.3. The van der Waals surface area contributed by atoms with Crippen molar-refractivity contribution in [1.29, 1.82) is 0 Å². The Kier molecular flexibility index (Phi) is 6.43. The number of aromatic nitrogens is 1. The smallest absolute Gasteiger partial charge is 0.221 e. The Morgan fingerprint density at radius 2 is 1.65 bits per heavy atom. The van der Waals surface area contributed by atoms with Gasteiger partial charge in [0.1, 0.15) is 5.82 Å². The number of halogens is 2. The largest absolute Gasteiger partial charge is 0.441 e. The normalized spacial score (nSPS) is 11.8. The van der Waals surface area contributed by atoms with Gasteiger partial charge in [-0.15, -0.1) is 0 Å². The van der Waals surface area contributed by atoms with Crippen molar-refractivity contribution in [3.63, 3.8) is 0 Å². The Morgan fingerprint density at radius 1 is 0.968 bits per heavy atom. The lowest BCUT2D eigenvalue weighted by atomic mass is 9.98. The summed E-state index contributed by atoms with van der Waals surface area (Å²) < 4.78 is 19.1. The lowest BCUT2D eigenvalue weighted by Crippen LogP contribution is -2.29. The molecule has 1 aromatic heterocycles. The number of nitrogens with zero attached hydrogens (tertiary/aromatic N) is 1. The fourth-order valence-electron chi connectivity index (χ4n) is 3.29. The average Bonchev–Trinajstić information content (AvgIpc) is 3.27. The van der Waals surface area contributed by atoms with Crippen LogP contribution >= 0.6 is 11.6 Å². The number of carbonyl (C=O) groups excluding carboxylic acids is 1. The van der Waals surface area contributed by atoms with Crippen molar-refractivity contribution >= 4 is 17.5 Å². The molecule has 4 rings (SSSR count). The number of nitrogens with one attached hydrogen (secondary N) is 1. The van der Waals surface area contributed by atoms with E-state index in [1.807, 2.05) is 42.5 Å². The molecular formula is C25H20ClFN2O2. The minimum absolute atomic E-state index is 0.149. The average molecular weight is 435 g/mol. The number of carbonyl (C=O) groups is 1. The lowest BCUT2D eigenvalue weighted by Gasteiger charge is -2.20. The topological polar surface area (TPSA) is 55.1 Å². The summed E-state index contributed by atoms with van der Waals surface area (Å²) in [6, 6.07) is 22.6. The zero-order valence-corrected chi connectivity index (χ0v) is 17.4. The van der Waals surface area contributed by atoms with Gasteiger partial charge in [-0.2, -0.15) is 0 Å². The first kappa shape index (κ1) is 20.8. The van der Waals surface area contributed by atoms with Gasteiger partial charge in [-0.05, 0) is 47.5 Å². The fraction of sp³-hybridized carbons (Fsp3) is 0.120. The minimum atomic E-state index is -0.372. The Morgan fingerprint density at radius 3 is 2.35 bits per heavy atom. The highest BCUT2D eigenvalue weighted by molar-refractivity contribution is 6.30. The summed E-state index contributed by atoms with van der Waals surface area (Å²) in [4.78, 5) is 17.0. The van der Waals surface area contributed by atoms with Crippen molar-refractivity contribution in [1.82, 2.24) is 10.3 Å². The minimum Gasteiger partial charge on any atom is -0.441 e. The first-order chi connectivity index (χ1) is 15.1. The highest BCUT2D eigenvalue weighted by Gasteiger charge is 2.17. The van der Waals surface area contributed by atoms with E-state index in [-0.39, 0.29) is 24.2 Å². The molecule has 0 aliphatic carbocycles. The lowest BCUT2D eigenvalue weighted by molar-refractivity contribution is -0.121. The first-order valence-electron chi connectivity index (χ1n) is 9.89. The predicted molar refractivity (Wildman–Crippen MR) is 118 cm³/mol. The number of oxazole rings is 1. The summed E-state index contributed by atoms with van der Waals surface area (Å²) in [6.07, 6.45) is 2.22. The maximum Gasteiger partial charge on any atom is 0.221 e. The second-order valence-electron chi connectivity index (χ2n) is 7.09. The molecule has 1 amide bonds. The van der Waals surface area contributed by atoms with E-state index in [1.54, 1.807) is 30.5 Å². The summed E-state index contributed by atoms with van der Waals surface area (Å²) in [5.74, 6) is 0.644. The number of aryl methyl sites for hydroxylation is 1. The van der Waals surface area contributed by atoms with E-state index < -0.39 is 0 Å². The Hall–Kier alpha value is -3.44. The highest BCUT2D eigenvalue weighted by atomic mass is 35.5. The predicted octanol–water partition coefficient (Wildman–Crippen LogP) is 5.97. The Bertz CT molecular complexity index is 1140. The van der Waals surface area contributed by atoms with Crippen molar-refractivity contribution < 1.29 is 13.6 Å². The van der Waals surface area contributed by atoms with Crippen molar-refractivity contribution in [2.24, 2.45) is 0 Å². The van der Waals surface area contributed by atoms with Crippen LogP contribution in [0.2, 0.25) is 5.02 Å². The van der Waals surface area contributed by atoms with Crippen molar-refractivity contribution in [2.45, 2.75) is 18.9 Å². The van der Waals surface area contributed by atoms with Crippen LogP contribution < -0.4 is 5.32 Å². The fourth-order valence-corrected chi connectivity index (χ4v) is 3.41. The summed E-state index contributed by atoms with van der Waals surface area (Å²) in [7, 11) is 0. The van der Waals surface area contributed by atoms with Crippen LogP contribution in [0.1, 0.15) is 29.5 Å². The quantitative estimate of drug-likeness (QED) is 0.389. The van der Waals surface area contributed by atoms with E-state index in [2.05, 4.69) is 10.3 Å². The third kappa shape index (κ3) is 5.38. The monoisotopic (exact) mass is 434 g/mol. The molecule has 0 radical (unpaired) electrons. The van der Waals surface area contributed by atoms with Crippen LogP contribution in [0.5, 0.6) is 0 Å². The Balaban J connectivity index is 1.42. The highest BCUT2D eigenvalue weighted by Crippen LogP contribution is 2.24. The summed E-state index contributed by atoms with van der Waals surface area (Å²) in [6.45, 7) is 0. The number of rotatable bonds is 7. The summed E-state index contributed by atoms with van der Waals surface area (Å²) >= 11 is 5.92. The molecule has 1 unspecified atom stereocenters. The van der Waals surface area contributed by atoms with E-state index in [4.69, 9.17) is 16.0 Å². The molecular weight excluding hydrogens is 415 g/mol. The standard InChI is InChI=1S/C25H20ClFN2O2/c26-20-10-6-17(7-11-20)22-16-28-24(31-22)15-14-23(30)29-25(18-4-2-1-3-5-18)19-8-12-21(27)13-9-19/h1-13,16,25H,14-15H2,(H,29,30). The van der Waals surface area contributed by atoms with Gasteiger partial charge in [-0.25, -0.2) is 9.37 Å². The second-order valence-corrected chi connectivity index (χ2v) is 7.52. The van der Waals surface area contributed by atoms with Gasteiger partial charge < -0.3 is 9.73 Å². The third-order valence-corrected chi connectivity index (χ3v) is 5.14. The van der Waals surface area contributed by atoms with Gasteiger partial charge in [0.05, 0.1) is 12.2 Å². The molecule has 6 heteroatoms. The molecule has 3 aromatic carbocycles. The molecule has 1 N–H and O–H groups in total. The van der Waals surface area contributed by atoms with Gasteiger partial charge in [0.15, 0.2) is 11.7 Å². The number of benzene rings is 3. The molecule has 0 saturated carbocycles. The van der Waals surface area contributed by atoms with Gasteiger partial charge in [0.25, 0.3) is 0 Å². The molecule has 156 valence electrons. The van der Waals surface area contributed by atoms with Crippen LogP contribution in [0.15, 0.2) is 89.5 Å². The summed E-state index contributed by atoms with van der Waals surface area (Å²) in [5, 5.41) is 3.69. The van der Waals surface area contributed by atoms with Gasteiger partial charge >= 0.3 is 0 Å². The molecule has 0 spiro atoms. The SMILES string of the molecule is O=C(CCc1ncc(-c2ccc(Cl)cc2)o1)NC(c1ccccc1)c1ccc(F)cc1. The van der Waals surface area contributed by atoms with E-state index in [0.717, 1.165) is 16.7 Å². The van der Waals surface area contributed by atoms with Crippen LogP contribution in [0.3, 0.4) is 0 Å². The van der Waals surface area contributed by atoms with Crippen LogP contribution in [0.4, 0.5) is 4.39 Å². The second kappa shape index (κ2) is 9.58. The molecule has 0 saturated heterocycles. The van der Waals surface area contributed by atoms with Crippen molar-refractivity contribution in [3.8, 4) is 11.3 Å². The van der Waals surface area contributed by atoms with E-state index >= 15 is 0 Å². The number of amides is 1. The van der Waals surface area contributed by atoms with Crippen LogP contribution in [-0.4, -0.2) is 10.9 Å². The van der Waals surface area contributed by atoms with Crippen molar-refractivity contribution in [2.75, 3.05) is 0 Å².